The van der Waals surface area contributed by atoms with E-state index in [-0.39, 0.29) is 18.4 Å². The van der Waals surface area contributed by atoms with E-state index in [1.807, 2.05) is 22.4 Å². The summed E-state index contributed by atoms with van der Waals surface area (Å²) in [6, 6.07) is 4.06. The standard InChI is InChI=1S/C16H21N3O2S/c1-11-4-2-6-19(13(11)9-17)15(20)8-12-10-21-16(18-12)14-5-3-7-22-14/h3,5,7,10-11,13H,2,4,6,8-9,17H2,1H3/t11-,13+/m1/s1. The number of nitrogens with zero attached hydrogens (tertiary/aromatic N) is 2. The number of nitrogens with two attached hydrogens (primary N) is 1. The summed E-state index contributed by atoms with van der Waals surface area (Å²) in [4.78, 5) is 19.9. The van der Waals surface area contributed by atoms with E-state index in [4.69, 9.17) is 10.2 Å². The molecule has 6 heteroatoms. The summed E-state index contributed by atoms with van der Waals surface area (Å²) >= 11 is 1.57. The number of thiophene rings is 1. The second kappa shape index (κ2) is 6.62. The van der Waals surface area contributed by atoms with Crippen LogP contribution in [0.3, 0.4) is 0 Å². The van der Waals surface area contributed by atoms with Gasteiger partial charge < -0.3 is 15.1 Å². The summed E-state index contributed by atoms with van der Waals surface area (Å²) in [7, 11) is 0. The summed E-state index contributed by atoms with van der Waals surface area (Å²) in [6.07, 6.45) is 4.04. The molecule has 0 unspecified atom stereocenters. The average Bonchev–Trinajstić information content (AvgIpc) is 3.17. The Bertz CT molecular complexity index is 623. The molecule has 1 aliphatic heterocycles. The molecule has 2 aromatic heterocycles. The first-order valence-corrected chi connectivity index (χ1v) is 8.55. The number of carbonyl (C=O) groups is 1. The van der Waals surface area contributed by atoms with Crippen molar-refractivity contribution in [2.24, 2.45) is 11.7 Å². The maximum atomic E-state index is 12.6. The molecule has 1 aliphatic rings. The molecule has 0 saturated carbocycles. The molecule has 0 aliphatic carbocycles. The molecule has 5 nitrogen and oxygen atoms in total. The van der Waals surface area contributed by atoms with Gasteiger partial charge in [0.05, 0.1) is 17.0 Å². The molecule has 0 radical (unpaired) electrons. The number of carbonyl (C=O) groups excluding carboxylic acids is 1. The minimum atomic E-state index is 0.0908. The first kappa shape index (κ1) is 15.2. The van der Waals surface area contributed by atoms with Crippen LogP contribution in [0.2, 0.25) is 0 Å². The van der Waals surface area contributed by atoms with Crippen molar-refractivity contribution in [3.8, 4) is 10.8 Å². The monoisotopic (exact) mass is 319 g/mol. The van der Waals surface area contributed by atoms with Crippen LogP contribution < -0.4 is 5.73 Å². The second-order valence-corrected chi connectivity index (χ2v) is 6.76. The summed E-state index contributed by atoms with van der Waals surface area (Å²) in [5.74, 6) is 1.13. The minimum absolute atomic E-state index is 0.0908. The molecular formula is C16H21N3O2S. The minimum Gasteiger partial charge on any atom is -0.444 e. The Morgan fingerprint density at radius 2 is 2.45 bits per heavy atom. The van der Waals surface area contributed by atoms with Gasteiger partial charge in [0.2, 0.25) is 11.8 Å². The molecule has 1 fully saturated rings. The van der Waals surface area contributed by atoms with Crippen LogP contribution in [-0.4, -0.2) is 34.9 Å². The molecule has 0 spiro atoms. The zero-order valence-electron chi connectivity index (χ0n) is 12.7. The topological polar surface area (TPSA) is 72.4 Å². The van der Waals surface area contributed by atoms with Crippen molar-refractivity contribution in [2.75, 3.05) is 13.1 Å². The lowest BCUT2D eigenvalue weighted by Crippen LogP contribution is -2.51. The Balaban J connectivity index is 1.69. The van der Waals surface area contributed by atoms with Gasteiger partial charge in [0.25, 0.3) is 0 Å². The zero-order chi connectivity index (χ0) is 15.5. The lowest BCUT2D eigenvalue weighted by molar-refractivity contribution is -0.135. The van der Waals surface area contributed by atoms with E-state index in [0.29, 0.717) is 24.0 Å². The number of hydrogen-bond donors (Lipinski definition) is 1. The van der Waals surface area contributed by atoms with Crippen molar-refractivity contribution < 1.29 is 9.21 Å². The predicted octanol–water partition coefficient (Wildman–Crippen LogP) is 2.53. The molecule has 1 saturated heterocycles. The SMILES string of the molecule is C[C@@H]1CCCN(C(=O)Cc2coc(-c3cccs3)n2)[C@H]1CN. The molecule has 0 bridgehead atoms. The molecule has 2 atom stereocenters. The fourth-order valence-corrected chi connectivity index (χ4v) is 3.73. The summed E-state index contributed by atoms with van der Waals surface area (Å²) < 4.78 is 5.48. The number of rotatable bonds is 4. The molecule has 1 amide bonds. The maximum Gasteiger partial charge on any atom is 0.236 e. The molecule has 2 N–H and O–H groups in total. The van der Waals surface area contributed by atoms with Crippen molar-refractivity contribution in [1.29, 1.82) is 0 Å². The van der Waals surface area contributed by atoms with Crippen molar-refractivity contribution in [3.05, 3.63) is 29.5 Å². The van der Waals surface area contributed by atoms with Crippen LogP contribution in [-0.2, 0) is 11.2 Å². The van der Waals surface area contributed by atoms with E-state index >= 15 is 0 Å². The van der Waals surface area contributed by atoms with Gasteiger partial charge in [-0.05, 0) is 30.2 Å². The predicted molar refractivity (Wildman–Crippen MR) is 86.5 cm³/mol. The Morgan fingerprint density at radius 1 is 1.59 bits per heavy atom. The molecular weight excluding hydrogens is 298 g/mol. The van der Waals surface area contributed by atoms with E-state index < -0.39 is 0 Å². The van der Waals surface area contributed by atoms with Crippen molar-refractivity contribution >= 4 is 17.2 Å². The van der Waals surface area contributed by atoms with Gasteiger partial charge in [0.15, 0.2) is 0 Å². The number of likely N-dealkylation sites (tertiary alicyclic amines) is 1. The summed E-state index contributed by atoms with van der Waals surface area (Å²) in [6.45, 7) is 3.48. The summed E-state index contributed by atoms with van der Waals surface area (Å²) in [5, 5.41) is 1.98. The van der Waals surface area contributed by atoms with Crippen LogP contribution in [0.1, 0.15) is 25.5 Å². The van der Waals surface area contributed by atoms with Crippen LogP contribution in [0.25, 0.3) is 10.8 Å². The number of piperidine rings is 1. The van der Waals surface area contributed by atoms with Crippen LogP contribution in [0.4, 0.5) is 0 Å². The van der Waals surface area contributed by atoms with Crippen molar-refractivity contribution in [1.82, 2.24) is 9.88 Å². The fraction of sp³-hybridized carbons (Fsp3) is 0.500. The van der Waals surface area contributed by atoms with E-state index in [2.05, 4.69) is 11.9 Å². The molecule has 3 heterocycles. The van der Waals surface area contributed by atoms with Gasteiger partial charge >= 0.3 is 0 Å². The molecule has 2 aromatic rings. The Labute approximate surface area is 134 Å². The van der Waals surface area contributed by atoms with Gasteiger partial charge in [0, 0.05) is 19.1 Å². The van der Waals surface area contributed by atoms with Gasteiger partial charge in [0.1, 0.15) is 6.26 Å². The quantitative estimate of drug-likeness (QED) is 0.940. The first-order chi connectivity index (χ1) is 10.7. The first-order valence-electron chi connectivity index (χ1n) is 7.67. The van der Waals surface area contributed by atoms with E-state index in [1.165, 1.54) is 0 Å². The van der Waals surface area contributed by atoms with E-state index in [1.54, 1.807) is 17.6 Å². The third kappa shape index (κ3) is 3.08. The lowest BCUT2D eigenvalue weighted by atomic mass is 9.90. The molecule has 22 heavy (non-hydrogen) atoms. The Hall–Kier alpha value is -1.66. The molecule has 0 aromatic carbocycles. The van der Waals surface area contributed by atoms with E-state index in [0.717, 1.165) is 24.3 Å². The normalized spacial score (nSPS) is 22.0. The third-order valence-electron chi connectivity index (χ3n) is 4.29. The highest BCUT2D eigenvalue weighted by atomic mass is 32.1. The summed E-state index contributed by atoms with van der Waals surface area (Å²) in [5.41, 5.74) is 6.54. The van der Waals surface area contributed by atoms with Crippen LogP contribution in [0.5, 0.6) is 0 Å². The zero-order valence-corrected chi connectivity index (χ0v) is 13.5. The van der Waals surface area contributed by atoms with Gasteiger partial charge in [-0.15, -0.1) is 11.3 Å². The van der Waals surface area contributed by atoms with Crippen LogP contribution in [0, 0.1) is 5.92 Å². The highest BCUT2D eigenvalue weighted by molar-refractivity contribution is 7.13. The van der Waals surface area contributed by atoms with Gasteiger partial charge in [-0.3, -0.25) is 4.79 Å². The Kier molecular flexibility index (Phi) is 4.59. The highest BCUT2D eigenvalue weighted by Gasteiger charge is 2.31. The van der Waals surface area contributed by atoms with Gasteiger partial charge in [-0.25, -0.2) is 4.98 Å². The second-order valence-electron chi connectivity index (χ2n) is 5.81. The largest absolute Gasteiger partial charge is 0.444 e. The van der Waals surface area contributed by atoms with Crippen LogP contribution in [0.15, 0.2) is 28.2 Å². The van der Waals surface area contributed by atoms with Gasteiger partial charge in [-0.2, -0.15) is 0 Å². The molecule has 3 rings (SSSR count). The molecule has 118 valence electrons. The number of amides is 1. The number of oxazole rings is 1. The van der Waals surface area contributed by atoms with E-state index in [9.17, 15) is 4.79 Å². The van der Waals surface area contributed by atoms with Gasteiger partial charge in [-0.1, -0.05) is 13.0 Å². The Morgan fingerprint density at radius 3 is 3.18 bits per heavy atom. The third-order valence-corrected chi connectivity index (χ3v) is 5.15. The van der Waals surface area contributed by atoms with Crippen LogP contribution >= 0.6 is 11.3 Å². The maximum absolute atomic E-state index is 12.6. The van der Waals surface area contributed by atoms with Crippen molar-refractivity contribution in [3.63, 3.8) is 0 Å². The smallest absolute Gasteiger partial charge is 0.236 e. The lowest BCUT2D eigenvalue weighted by Gasteiger charge is -2.39. The number of hydrogen-bond acceptors (Lipinski definition) is 5. The fourth-order valence-electron chi connectivity index (χ4n) is 3.08. The average molecular weight is 319 g/mol. The number of aromatic nitrogens is 1. The van der Waals surface area contributed by atoms with Crippen molar-refractivity contribution in [2.45, 2.75) is 32.2 Å². The highest BCUT2D eigenvalue weighted by Crippen LogP contribution is 2.25.